The van der Waals surface area contributed by atoms with E-state index in [0.29, 0.717) is 0 Å². The summed E-state index contributed by atoms with van der Waals surface area (Å²) >= 11 is 3.49. The normalized spacial score (nSPS) is 11.0. The first-order valence-corrected chi connectivity index (χ1v) is 8.21. The molecule has 112 valence electrons. The lowest BCUT2D eigenvalue weighted by Gasteiger charge is -2.09. The van der Waals surface area contributed by atoms with E-state index in [9.17, 15) is 0 Å². The SMILES string of the molecule is Brc1ccc(Cn2c(-c3ccncc3)nc3ccccc32)cc1. The van der Waals surface area contributed by atoms with Crippen LogP contribution >= 0.6 is 15.9 Å². The molecule has 0 spiro atoms. The Morgan fingerprint density at radius 1 is 0.870 bits per heavy atom. The molecule has 0 aliphatic rings. The topological polar surface area (TPSA) is 30.7 Å². The summed E-state index contributed by atoms with van der Waals surface area (Å²) in [6.07, 6.45) is 3.61. The third-order valence-corrected chi connectivity index (χ3v) is 4.38. The number of imidazole rings is 1. The van der Waals surface area contributed by atoms with Crippen molar-refractivity contribution in [1.29, 1.82) is 0 Å². The van der Waals surface area contributed by atoms with Crippen LogP contribution in [-0.4, -0.2) is 14.5 Å². The van der Waals surface area contributed by atoms with Crippen molar-refractivity contribution in [2.45, 2.75) is 6.54 Å². The molecule has 0 bridgehead atoms. The summed E-state index contributed by atoms with van der Waals surface area (Å²) in [7, 11) is 0. The van der Waals surface area contributed by atoms with E-state index >= 15 is 0 Å². The molecule has 3 nitrogen and oxygen atoms in total. The Balaban J connectivity index is 1.87. The molecule has 0 fully saturated rings. The van der Waals surface area contributed by atoms with Gasteiger partial charge in [0.15, 0.2) is 0 Å². The molecule has 4 heteroatoms. The fourth-order valence-corrected chi connectivity index (χ4v) is 2.99. The maximum absolute atomic E-state index is 4.82. The van der Waals surface area contributed by atoms with Crippen molar-refractivity contribution < 1.29 is 0 Å². The van der Waals surface area contributed by atoms with E-state index in [2.05, 4.69) is 67.9 Å². The highest BCUT2D eigenvalue weighted by atomic mass is 79.9. The molecule has 2 aromatic carbocycles. The van der Waals surface area contributed by atoms with Crippen molar-refractivity contribution in [2.24, 2.45) is 0 Å². The average Bonchev–Trinajstić information content (AvgIpc) is 2.96. The molecular formula is C19H14BrN3. The summed E-state index contributed by atoms with van der Waals surface area (Å²) < 4.78 is 3.35. The Labute approximate surface area is 142 Å². The first-order chi connectivity index (χ1) is 11.3. The largest absolute Gasteiger partial charge is 0.319 e. The van der Waals surface area contributed by atoms with Gasteiger partial charge in [0, 0.05) is 29.0 Å². The summed E-state index contributed by atoms with van der Waals surface area (Å²) in [5.74, 6) is 0.969. The van der Waals surface area contributed by atoms with Crippen LogP contribution in [-0.2, 0) is 6.54 Å². The van der Waals surface area contributed by atoms with E-state index in [0.717, 1.165) is 33.4 Å². The van der Waals surface area contributed by atoms with E-state index in [1.807, 2.05) is 18.2 Å². The minimum absolute atomic E-state index is 0.783. The quantitative estimate of drug-likeness (QED) is 0.517. The summed E-state index contributed by atoms with van der Waals surface area (Å²) in [5, 5.41) is 0. The second kappa shape index (κ2) is 5.97. The van der Waals surface area contributed by atoms with Crippen LogP contribution < -0.4 is 0 Å². The molecular weight excluding hydrogens is 350 g/mol. The lowest BCUT2D eigenvalue weighted by Crippen LogP contribution is -2.02. The summed E-state index contributed by atoms with van der Waals surface area (Å²) in [6, 6.07) is 20.7. The Hall–Kier alpha value is -2.46. The summed E-state index contributed by atoms with van der Waals surface area (Å²) in [6.45, 7) is 0.783. The van der Waals surface area contributed by atoms with E-state index in [1.54, 1.807) is 12.4 Å². The van der Waals surface area contributed by atoms with Gasteiger partial charge in [-0.15, -0.1) is 0 Å². The Morgan fingerprint density at radius 2 is 1.61 bits per heavy atom. The van der Waals surface area contributed by atoms with E-state index in [1.165, 1.54) is 5.56 Å². The van der Waals surface area contributed by atoms with Gasteiger partial charge in [0.25, 0.3) is 0 Å². The lowest BCUT2D eigenvalue weighted by molar-refractivity contribution is 0.834. The highest BCUT2D eigenvalue weighted by Gasteiger charge is 2.12. The molecule has 4 rings (SSSR count). The molecule has 0 amide bonds. The van der Waals surface area contributed by atoms with Gasteiger partial charge in [-0.05, 0) is 42.0 Å². The minimum atomic E-state index is 0.783. The molecule has 0 atom stereocenters. The zero-order chi connectivity index (χ0) is 15.6. The molecule has 0 aliphatic heterocycles. The molecule has 4 aromatic rings. The highest BCUT2D eigenvalue weighted by molar-refractivity contribution is 9.10. The second-order valence-corrected chi connectivity index (χ2v) is 6.29. The summed E-state index contributed by atoms with van der Waals surface area (Å²) in [4.78, 5) is 8.93. The first-order valence-electron chi connectivity index (χ1n) is 7.41. The summed E-state index contributed by atoms with van der Waals surface area (Å²) in [5.41, 5.74) is 4.47. The Kier molecular flexibility index (Phi) is 3.67. The standard InChI is InChI=1S/C19H14BrN3/c20-16-7-5-14(6-8-16)13-23-18-4-2-1-3-17(18)22-19(23)15-9-11-21-12-10-15/h1-12H,13H2. The van der Waals surface area contributed by atoms with Crippen molar-refractivity contribution in [2.75, 3.05) is 0 Å². The molecule has 2 heterocycles. The van der Waals surface area contributed by atoms with Crippen LogP contribution in [0.3, 0.4) is 0 Å². The number of pyridine rings is 1. The molecule has 0 saturated carbocycles. The van der Waals surface area contributed by atoms with Crippen molar-refractivity contribution in [1.82, 2.24) is 14.5 Å². The number of para-hydroxylation sites is 2. The van der Waals surface area contributed by atoms with Gasteiger partial charge in [0.2, 0.25) is 0 Å². The van der Waals surface area contributed by atoms with Crippen LogP contribution in [0.4, 0.5) is 0 Å². The van der Waals surface area contributed by atoms with Crippen LogP contribution in [0.5, 0.6) is 0 Å². The molecule has 0 aliphatic carbocycles. The predicted molar refractivity (Wildman–Crippen MR) is 96.2 cm³/mol. The number of nitrogens with zero attached hydrogens (tertiary/aromatic N) is 3. The second-order valence-electron chi connectivity index (χ2n) is 5.37. The predicted octanol–water partition coefficient (Wildman–Crippen LogP) is 4.91. The number of benzene rings is 2. The third kappa shape index (κ3) is 2.78. The molecule has 0 unspecified atom stereocenters. The zero-order valence-electron chi connectivity index (χ0n) is 12.4. The van der Waals surface area contributed by atoms with Gasteiger partial charge in [-0.3, -0.25) is 4.98 Å². The van der Waals surface area contributed by atoms with E-state index in [4.69, 9.17) is 4.98 Å². The maximum atomic E-state index is 4.82. The molecule has 0 radical (unpaired) electrons. The zero-order valence-corrected chi connectivity index (χ0v) is 13.9. The van der Waals surface area contributed by atoms with Crippen molar-refractivity contribution >= 4 is 27.0 Å². The number of hydrogen-bond acceptors (Lipinski definition) is 2. The van der Waals surface area contributed by atoms with Crippen LogP contribution in [0.15, 0.2) is 77.5 Å². The molecule has 0 saturated heterocycles. The molecule has 2 aromatic heterocycles. The number of aromatic nitrogens is 3. The number of fused-ring (bicyclic) bond motifs is 1. The number of hydrogen-bond donors (Lipinski definition) is 0. The van der Waals surface area contributed by atoms with Gasteiger partial charge in [-0.2, -0.15) is 0 Å². The van der Waals surface area contributed by atoms with Gasteiger partial charge >= 0.3 is 0 Å². The number of rotatable bonds is 3. The number of halogens is 1. The Morgan fingerprint density at radius 3 is 2.39 bits per heavy atom. The molecule has 0 N–H and O–H groups in total. The van der Waals surface area contributed by atoms with Gasteiger partial charge in [-0.1, -0.05) is 40.2 Å². The van der Waals surface area contributed by atoms with E-state index in [-0.39, 0.29) is 0 Å². The smallest absolute Gasteiger partial charge is 0.141 e. The highest BCUT2D eigenvalue weighted by Crippen LogP contribution is 2.25. The average molecular weight is 364 g/mol. The van der Waals surface area contributed by atoms with Gasteiger partial charge in [-0.25, -0.2) is 4.98 Å². The van der Waals surface area contributed by atoms with Crippen molar-refractivity contribution in [3.05, 3.63) is 83.1 Å². The van der Waals surface area contributed by atoms with Crippen LogP contribution in [0, 0.1) is 0 Å². The maximum Gasteiger partial charge on any atom is 0.141 e. The van der Waals surface area contributed by atoms with Gasteiger partial charge in [0.05, 0.1) is 11.0 Å². The Bertz CT molecular complexity index is 943. The molecule has 23 heavy (non-hydrogen) atoms. The fraction of sp³-hybridized carbons (Fsp3) is 0.0526. The van der Waals surface area contributed by atoms with Crippen LogP contribution in [0.25, 0.3) is 22.4 Å². The van der Waals surface area contributed by atoms with Crippen molar-refractivity contribution in [3.8, 4) is 11.4 Å². The van der Waals surface area contributed by atoms with Crippen molar-refractivity contribution in [3.63, 3.8) is 0 Å². The van der Waals surface area contributed by atoms with Crippen LogP contribution in [0.1, 0.15) is 5.56 Å². The monoisotopic (exact) mass is 363 g/mol. The lowest BCUT2D eigenvalue weighted by atomic mass is 10.2. The van der Waals surface area contributed by atoms with Gasteiger partial charge < -0.3 is 4.57 Å². The third-order valence-electron chi connectivity index (χ3n) is 3.85. The fourth-order valence-electron chi connectivity index (χ4n) is 2.73. The van der Waals surface area contributed by atoms with Crippen LogP contribution in [0.2, 0.25) is 0 Å². The minimum Gasteiger partial charge on any atom is -0.319 e. The first kappa shape index (κ1) is 14.2. The van der Waals surface area contributed by atoms with Gasteiger partial charge in [0.1, 0.15) is 5.82 Å². The van der Waals surface area contributed by atoms with E-state index < -0.39 is 0 Å².